The number of hydrogen-bond acceptors (Lipinski definition) is 3. The van der Waals surface area contributed by atoms with Gasteiger partial charge in [-0.25, -0.2) is 4.39 Å². The number of aliphatic hydroxyl groups is 1. The Morgan fingerprint density at radius 1 is 1.59 bits per heavy atom. The van der Waals surface area contributed by atoms with Crippen molar-refractivity contribution in [2.75, 3.05) is 13.1 Å². The van der Waals surface area contributed by atoms with Crippen molar-refractivity contribution in [3.05, 3.63) is 29.8 Å². The minimum Gasteiger partial charge on any atom is -0.388 e. The van der Waals surface area contributed by atoms with Gasteiger partial charge in [-0.1, -0.05) is 0 Å². The third-order valence-corrected chi connectivity index (χ3v) is 2.91. The van der Waals surface area contributed by atoms with Crippen LogP contribution in [0.2, 0.25) is 0 Å². The number of piperidine rings is 1. The Bertz CT molecular complexity index is 434. The molecule has 0 spiro atoms. The molecular formula is C12H15FN2O2. The second-order valence-corrected chi connectivity index (χ2v) is 4.72. The summed E-state index contributed by atoms with van der Waals surface area (Å²) < 4.78 is 13.0. The number of carbonyl (C=O) groups is 1. The molecule has 4 nitrogen and oxygen atoms in total. The third-order valence-electron chi connectivity index (χ3n) is 2.91. The van der Waals surface area contributed by atoms with E-state index in [1.807, 2.05) is 0 Å². The first-order valence-corrected chi connectivity index (χ1v) is 5.60. The number of β-amino-alcohol motifs (C(OH)–C–C–N with tert-alkyl or cyclic N) is 1. The Hall–Kier alpha value is -1.49. The second-order valence-electron chi connectivity index (χ2n) is 4.72. The molecule has 0 saturated carbocycles. The maximum atomic E-state index is 13.0. The molecule has 1 aliphatic heterocycles. The van der Waals surface area contributed by atoms with E-state index in [0.717, 1.165) is 12.6 Å². The van der Waals surface area contributed by atoms with Crippen LogP contribution in [0.4, 0.5) is 4.39 Å². The van der Waals surface area contributed by atoms with Crippen LogP contribution in [-0.2, 0) is 0 Å². The summed E-state index contributed by atoms with van der Waals surface area (Å²) in [5.41, 5.74) is -0.628. The van der Waals surface area contributed by atoms with Crippen molar-refractivity contribution in [2.45, 2.75) is 25.4 Å². The van der Waals surface area contributed by atoms with Crippen LogP contribution in [0.15, 0.2) is 18.5 Å². The van der Waals surface area contributed by atoms with E-state index < -0.39 is 11.4 Å². The highest BCUT2D eigenvalue weighted by Crippen LogP contribution is 2.21. The zero-order chi connectivity index (χ0) is 12.5. The molecule has 1 N–H and O–H groups in total. The molecule has 92 valence electrons. The number of likely N-dealkylation sites (tertiary alicyclic amines) is 1. The molecule has 1 aromatic rings. The van der Waals surface area contributed by atoms with Gasteiger partial charge in [0.2, 0.25) is 0 Å². The van der Waals surface area contributed by atoms with Crippen LogP contribution in [-0.4, -0.2) is 39.6 Å². The lowest BCUT2D eigenvalue weighted by atomic mass is 9.95. The summed E-state index contributed by atoms with van der Waals surface area (Å²) in [6.07, 6.45) is 3.83. The second kappa shape index (κ2) is 4.41. The van der Waals surface area contributed by atoms with E-state index in [2.05, 4.69) is 4.98 Å². The molecule has 2 heterocycles. The fourth-order valence-electron chi connectivity index (χ4n) is 2.10. The lowest BCUT2D eigenvalue weighted by Crippen LogP contribution is -2.48. The monoisotopic (exact) mass is 238 g/mol. The highest BCUT2D eigenvalue weighted by Gasteiger charge is 2.31. The molecule has 5 heteroatoms. The fraction of sp³-hybridized carbons (Fsp3) is 0.500. The van der Waals surface area contributed by atoms with Gasteiger partial charge in [0, 0.05) is 19.3 Å². The first kappa shape index (κ1) is 12.0. The number of carbonyl (C=O) groups excluding carboxylic acids is 1. The van der Waals surface area contributed by atoms with E-state index in [1.54, 1.807) is 11.8 Å². The lowest BCUT2D eigenvalue weighted by Gasteiger charge is -2.36. The van der Waals surface area contributed by atoms with Crippen LogP contribution in [0.3, 0.4) is 0 Å². The predicted octanol–water partition coefficient (Wildman–Crippen LogP) is 1.21. The highest BCUT2D eigenvalue weighted by molar-refractivity contribution is 5.94. The molecule has 0 bridgehead atoms. The molecule has 17 heavy (non-hydrogen) atoms. The molecule has 1 aliphatic rings. The fourth-order valence-corrected chi connectivity index (χ4v) is 2.10. The zero-order valence-electron chi connectivity index (χ0n) is 9.69. The molecule has 1 fully saturated rings. The summed E-state index contributed by atoms with van der Waals surface area (Å²) in [7, 11) is 0. The zero-order valence-corrected chi connectivity index (χ0v) is 9.69. The van der Waals surface area contributed by atoms with E-state index in [9.17, 15) is 14.3 Å². The van der Waals surface area contributed by atoms with Crippen molar-refractivity contribution in [3.63, 3.8) is 0 Å². The Balaban J connectivity index is 2.15. The molecule has 1 aromatic heterocycles. The quantitative estimate of drug-likeness (QED) is 0.800. The summed E-state index contributed by atoms with van der Waals surface area (Å²) in [5, 5.41) is 9.91. The summed E-state index contributed by atoms with van der Waals surface area (Å²) in [4.78, 5) is 17.2. The molecular weight excluding hydrogens is 223 g/mol. The summed E-state index contributed by atoms with van der Waals surface area (Å²) in [6.45, 7) is 2.57. The van der Waals surface area contributed by atoms with Crippen LogP contribution in [0.5, 0.6) is 0 Å². The van der Waals surface area contributed by atoms with Gasteiger partial charge in [-0.2, -0.15) is 0 Å². The van der Waals surface area contributed by atoms with E-state index in [-0.39, 0.29) is 18.0 Å². The van der Waals surface area contributed by atoms with Crippen LogP contribution < -0.4 is 0 Å². The average molecular weight is 238 g/mol. The number of hydrogen-bond donors (Lipinski definition) is 1. The minimum atomic E-state index is -0.853. The van der Waals surface area contributed by atoms with Gasteiger partial charge in [0.05, 0.1) is 17.4 Å². The Labute approximate surface area is 99.1 Å². The predicted molar refractivity (Wildman–Crippen MR) is 60.0 cm³/mol. The molecule has 1 unspecified atom stereocenters. The Morgan fingerprint density at radius 3 is 3.00 bits per heavy atom. The first-order valence-electron chi connectivity index (χ1n) is 5.60. The maximum Gasteiger partial charge on any atom is 0.255 e. The van der Waals surface area contributed by atoms with Gasteiger partial charge in [0.25, 0.3) is 5.91 Å². The molecule has 0 aliphatic carbocycles. The summed E-state index contributed by atoms with van der Waals surface area (Å²) in [6, 6.07) is 1.17. The van der Waals surface area contributed by atoms with Crippen LogP contribution in [0.1, 0.15) is 30.1 Å². The van der Waals surface area contributed by atoms with Gasteiger partial charge in [0.15, 0.2) is 0 Å². The number of pyridine rings is 1. The van der Waals surface area contributed by atoms with Crippen molar-refractivity contribution in [2.24, 2.45) is 0 Å². The molecule has 1 saturated heterocycles. The molecule has 1 atom stereocenters. The Morgan fingerprint density at radius 2 is 2.35 bits per heavy atom. The van der Waals surface area contributed by atoms with E-state index in [1.165, 1.54) is 12.3 Å². The Kier molecular flexibility index (Phi) is 3.11. The van der Waals surface area contributed by atoms with Crippen molar-refractivity contribution >= 4 is 5.91 Å². The van der Waals surface area contributed by atoms with E-state index in [0.29, 0.717) is 13.0 Å². The first-order chi connectivity index (χ1) is 7.98. The number of nitrogens with zero attached hydrogens (tertiary/aromatic N) is 2. The summed E-state index contributed by atoms with van der Waals surface area (Å²) in [5.74, 6) is -0.809. The van der Waals surface area contributed by atoms with Crippen molar-refractivity contribution in [1.29, 1.82) is 0 Å². The number of halogens is 1. The lowest BCUT2D eigenvalue weighted by molar-refractivity contribution is -0.0107. The van der Waals surface area contributed by atoms with E-state index in [4.69, 9.17) is 0 Å². The highest BCUT2D eigenvalue weighted by atomic mass is 19.1. The van der Waals surface area contributed by atoms with Gasteiger partial charge in [-0.05, 0) is 25.8 Å². The average Bonchev–Trinajstić information content (AvgIpc) is 2.26. The van der Waals surface area contributed by atoms with Crippen LogP contribution in [0, 0.1) is 5.82 Å². The number of aromatic nitrogens is 1. The summed E-state index contributed by atoms with van der Waals surface area (Å²) >= 11 is 0. The van der Waals surface area contributed by atoms with Crippen LogP contribution in [0.25, 0.3) is 0 Å². The van der Waals surface area contributed by atoms with Crippen molar-refractivity contribution in [3.8, 4) is 0 Å². The van der Waals surface area contributed by atoms with Gasteiger partial charge in [-0.15, -0.1) is 0 Å². The number of amides is 1. The minimum absolute atomic E-state index is 0.225. The SMILES string of the molecule is CC1(O)CCCN(C(=O)c2cncc(F)c2)C1. The number of rotatable bonds is 1. The van der Waals surface area contributed by atoms with Gasteiger partial charge < -0.3 is 10.0 Å². The standard InChI is InChI=1S/C12H15FN2O2/c1-12(17)3-2-4-15(8-12)11(16)9-5-10(13)7-14-6-9/h5-7,17H,2-4,8H2,1H3. The largest absolute Gasteiger partial charge is 0.388 e. The van der Waals surface area contributed by atoms with E-state index >= 15 is 0 Å². The van der Waals surface area contributed by atoms with Gasteiger partial charge >= 0.3 is 0 Å². The molecule has 0 radical (unpaired) electrons. The van der Waals surface area contributed by atoms with Gasteiger partial charge in [-0.3, -0.25) is 9.78 Å². The maximum absolute atomic E-state index is 13.0. The van der Waals surface area contributed by atoms with Crippen molar-refractivity contribution in [1.82, 2.24) is 9.88 Å². The normalized spacial score (nSPS) is 24.8. The molecule has 2 rings (SSSR count). The van der Waals surface area contributed by atoms with Gasteiger partial charge in [0.1, 0.15) is 5.82 Å². The van der Waals surface area contributed by atoms with Crippen molar-refractivity contribution < 1.29 is 14.3 Å². The third kappa shape index (κ3) is 2.79. The smallest absolute Gasteiger partial charge is 0.255 e. The van der Waals surface area contributed by atoms with Crippen LogP contribution >= 0.6 is 0 Å². The topological polar surface area (TPSA) is 53.4 Å². The molecule has 1 amide bonds. The molecule has 0 aromatic carbocycles.